The Morgan fingerprint density at radius 3 is 2.62 bits per heavy atom. The molecule has 0 aliphatic carbocycles. The molecule has 3 heteroatoms. The summed E-state index contributed by atoms with van der Waals surface area (Å²) in [6.07, 6.45) is 1.15. The van der Waals surface area contributed by atoms with Gasteiger partial charge in [0.05, 0.1) is 4.47 Å². The first kappa shape index (κ1) is 16.1. The fourth-order valence-corrected chi connectivity index (χ4v) is 2.61. The molecule has 112 valence electrons. The van der Waals surface area contributed by atoms with Crippen LogP contribution < -0.4 is 10.1 Å². The lowest BCUT2D eigenvalue weighted by Crippen LogP contribution is -2.13. The molecule has 2 rings (SSSR count). The van der Waals surface area contributed by atoms with Gasteiger partial charge in [0, 0.05) is 6.54 Å². The first-order valence-corrected chi connectivity index (χ1v) is 8.14. The molecule has 0 unspecified atom stereocenters. The molecule has 0 amide bonds. The highest BCUT2D eigenvalue weighted by molar-refractivity contribution is 9.10. The van der Waals surface area contributed by atoms with Gasteiger partial charge in [0.1, 0.15) is 11.5 Å². The first-order valence-electron chi connectivity index (χ1n) is 7.35. The van der Waals surface area contributed by atoms with Crippen LogP contribution in [0.4, 0.5) is 0 Å². The molecule has 0 heterocycles. The van der Waals surface area contributed by atoms with Crippen LogP contribution in [0.25, 0.3) is 0 Å². The number of halogens is 1. The lowest BCUT2D eigenvalue weighted by molar-refractivity contribution is 0.475. The van der Waals surface area contributed by atoms with Crippen molar-refractivity contribution in [1.29, 1.82) is 0 Å². The number of rotatable bonds is 6. The van der Waals surface area contributed by atoms with E-state index in [2.05, 4.69) is 60.2 Å². The van der Waals surface area contributed by atoms with E-state index in [-0.39, 0.29) is 0 Å². The zero-order valence-corrected chi connectivity index (χ0v) is 14.5. The van der Waals surface area contributed by atoms with Gasteiger partial charge in [-0.3, -0.25) is 0 Å². The number of benzene rings is 2. The van der Waals surface area contributed by atoms with Gasteiger partial charge in [0.15, 0.2) is 0 Å². The highest BCUT2D eigenvalue weighted by Crippen LogP contribution is 2.32. The summed E-state index contributed by atoms with van der Waals surface area (Å²) < 4.78 is 7.02. The Bertz CT molecular complexity index is 610. The molecule has 2 aromatic rings. The van der Waals surface area contributed by atoms with Crippen LogP contribution in [0.5, 0.6) is 11.5 Å². The number of hydrogen-bond acceptors (Lipinski definition) is 2. The van der Waals surface area contributed by atoms with Crippen molar-refractivity contribution in [3.63, 3.8) is 0 Å². The summed E-state index contributed by atoms with van der Waals surface area (Å²) in [6, 6.07) is 12.4. The first-order chi connectivity index (χ1) is 10.1. The minimum absolute atomic E-state index is 0.850. The molecule has 0 aliphatic heterocycles. The number of nitrogens with one attached hydrogen (secondary N) is 1. The Morgan fingerprint density at radius 2 is 1.90 bits per heavy atom. The molecule has 2 nitrogen and oxygen atoms in total. The van der Waals surface area contributed by atoms with Gasteiger partial charge in [-0.05, 0) is 77.6 Å². The predicted molar refractivity (Wildman–Crippen MR) is 92.1 cm³/mol. The summed E-state index contributed by atoms with van der Waals surface area (Å²) in [5, 5.41) is 3.40. The van der Waals surface area contributed by atoms with Gasteiger partial charge in [-0.15, -0.1) is 0 Å². The van der Waals surface area contributed by atoms with Crippen LogP contribution in [0.2, 0.25) is 0 Å². The van der Waals surface area contributed by atoms with Crippen molar-refractivity contribution in [3.05, 3.63) is 57.6 Å². The van der Waals surface area contributed by atoms with Gasteiger partial charge < -0.3 is 10.1 Å². The van der Waals surface area contributed by atoms with E-state index >= 15 is 0 Å². The zero-order valence-electron chi connectivity index (χ0n) is 12.9. The number of aryl methyl sites for hydroxylation is 1. The normalized spacial score (nSPS) is 10.7. The third kappa shape index (κ3) is 4.32. The molecule has 0 spiro atoms. The molecule has 1 N–H and O–H groups in total. The predicted octanol–water partition coefficient (Wildman–Crippen LogP) is 5.36. The summed E-state index contributed by atoms with van der Waals surface area (Å²) in [5.74, 6) is 1.76. The molecular formula is C18H22BrNO. The zero-order chi connectivity index (χ0) is 15.2. The van der Waals surface area contributed by atoms with E-state index in [1.807, 2.05) is 18.2 Å². The maximum Gasteiger partial charge on any atom is 0.141 e. The average Bonchev–Trinajstić information content (AvgIpc) is 2.47. The minimum Gasteiger partial charge on any atom is -0.456 e. The summed E-state index contributed by atoms with van der Waals surface area (Å²) in [5.41, 5.74) is 3.67. The molecule has 0 aliphatic rings. The van der Waals surface area contributed by atoms with Gasteiger partial charge in [0.25, 0.3) is 0 Å². The van der Waals surface area contributed by atoms with Crippen LogP contribution in [0, 0.1) is 13.8 Å². The Kier molecular flexibility index (Phi) is 5.83. The topological polar surface area (TPSA) is 21.3 Å². The van der Waals surface area contributed by atoms with Crippen molar-refractivity contribution < 1.29 is 4.74 Å². The fourth-order valence-electron chi connectivity index (χ4n) is 2.10. The van der Waals surface area contributed by atoms with Crippen molar-refractivity contribution in [3.8, 4) is 11.5 Å². The third-order valence-electron chi connectivity index (χ3n) is 3.53. The van der Waals surface area contributed by atoms with Crippen molar-refractivity contribution >= 4 is 15.9 Å². The largest absolute Gasteiger partial charge is 0.456 e. The Hall–Kier alpha value is -1.32. The van der Waals surface area contributed by atoms with Gasteiger partial charge in [-0.2, -0.15) is 0 Å². The minimum atomic E-state index is 0.850. The van der Waals surface area contributed by atoms with Crippen molar-refractivity contribution in [2.45, 2.75) is 33.7 Å². The van der Waals surface area contributed by atoms with Crippen molar-refractivity contribution in [2.24, 2.45) is 0 Å². The van der Waals surface area contributed by atoms with Gasteiger partial charge in [0.2, 0.25) is 0 Å². The Balaban J connectivity index is 2.12. The number of ether oxygens (including phenoxy) is 1. The van der Waals surface area contributed by atoms with Crippen LogP contribution >= 0.6 is 15.9 Å². The number of hydrogen-bond donors (Lipinski definition) is 1. The van der Waals surface area contributed by atoms with E-state index < -0.39 is 0 Å². The molecule has 0 saturated heterocycles. The second kappa shape index (κ2) is 7.62. The second-order valence-corrected chi connectivity index (χ2v) is 6.10. The summed E-state index contributed by atoms with van der Waals surface area (Å²) in [4.78, 5) is 0. The molecule has 0 radical (unpaired) electrons. The standard InChI is InChI=1S/C18H22BrNO/c1-4-10-20-12-15-8-9-18(16(19)11-15)21-17-7-5-6-13(2)14(17)3/h5-9,11,20H,4,10,12H2,1-3H3. The lowest BCUT2D eigenvalue weighted by Gasteiger charge is -2.13. The van der Waals surface area contributed by atoms with E-state index in [1.165, 1.54) is 16.7 Å². The van der Waals surface area contributed by atoms with E-state index in [9.17, 15) is 0 Å². The molecular weight excluding hydrogens is 326 g/mol. The fraction of sp³-hybridized carbons (Fsp3) is 0.333. The maximum absolute atomic E-state index is 6.03. The Morgan fingerprint density at radius 1 is 1.10 bits per heavy atom. The molecule has 0 aromatic heterocycles. The summed E-state index contributed by atoms with van der Waals surface area (Å²) in [7, 11) is 0. The van der Waals surface area contributed by atoms with Gasteiger partial charge in [-0.25, -0.2) is 0 Å². The quantitative estimate of drug-likeness (QED) is 0.710. The van der Waals surface area contributed by atoms with E-state index in [0.29, 0.717) is 0 Å². The van der Waals surface area contributed by atoms with Gasteiger partial charge in [-0.1, -0.05) is 25.1 Å². The van der Waals surface area contributed by atoms with Crippen LogP contribution in [0.15, 0.2) is 40.9 Å². The molecule has 0 bridgehead atoms. The van der Waals surface area contributed by atoms with Gasteiger partial charge >= 0.3 is 0 Å². The Labute approximate surface area is 135 Å². The third-order valence-corrected chi connectivity index (χ3v) is 4.15. The van der Waals surface area contributed by atoms with E-state index in [0.717, 1.165) is 35.5 Å². The van der Waals surface area contributed by atoms with Crippen LogP contribution in [0.1, 0.15) is 30.0 Å². The van der Waals surface area contributed by atoms with E-state index in [4.69, 9.17) is 4.74 Å². The second-order valence-electron chi connectivity index (χ2n) is 5.24. The lowest BCUT2D eigenvalue weighted by atomic mass is 10.1. The highest BCUT2D eigenvalue weighted by Gasteiger charge is 2.07. The monoisotopic (exact) mass is 347 g/mol. The summed E-state index contributed by atoms with van der Waals surface area (Å²) >= 11 is 3.60. The molecule has 0 atom stereocenters. The van der Waals surface area contributed by atoms with Crippen LogP contribution in [-0.4, -0.2) is 6.54 Å². The molecule has 0 saturated carbocycles. The highest BCUT2D eigenvalue weighted by atomic mass is 79.9. The van der Waals surface area contributed by atoms with Crippen molar-refractivity contribution in [1.82, 2.24) is 5.32 Å². The maximum atomic E-state index is 6.03. The van der Waals surface area contributed by atoms with Crippen molar-refractivity contribution in [2.75, 3.05) is 6.54 Å². The molecule has 0 fully saturated rings. The SMILES string of the molecule is CCCNCc1ccc(Oc2cccc(C)c2C)c(Br)c1. The van der Waals surface area contributed by atoms with Crippen LogP contribution in [-0.2, 0) is 6.54 Å². The molecule has 21 heavy (non-hydrogen) atoms. The molecule has 2 aromatic carbocycles. The average molecular weight is 348 g/mol. The van der Waals surface area contributed by atoms with Crippen LogP contribution in [0.3, 0.4) is 0 Å². The van der Waals surface area contributed by atoms with E-state index in [1.54, 1.807) is 0 Å². The summed E-state index contributed by atoms with van der Waals surface area (Å²) in [6.45, 7) is 8.28. The smallest absolute Gasteiger partial charge is 0.141 e.